The third kappa shape index (κ3) is 7.76. The van der Waals surface area contributed by atoms with E-state index < -0.39 is 0 Å². The normalized spacial score (nSPS) is 14.1. The molecule has 1 aromatic carbocycles. The van der Waals surface area contributed by atoms with E-state index in [4.69, 9.17) is 9.47 Å². The first-order chi connectivity index (χ1) is 16.5. The predicted molar refractivity (Wildman–Crippen MR) is 134 cm³/mol. The number of carbonyl (C=O) groups is 2. The van der Waals surface area contributed by atoms with Crippen LogP contribution in [0.1, 0.15) is 33.0 Å². The van der Waals surface area contributed by atoms with Crippen LogP contribution in [0.5, 0.6) is 0 Å². The standard InChI is InChI=1S/C24H35N5O4S/c1-18-6-4-7-19(2)22(18)27-24(31)29(12-13-32-3)16-21-26-20(17-34-21)23(30)25-8-5-9-28-10-14-33-15-11-28/h4,6-7,17H,5,8-16H2,1-3H3,(H,25,30)(H,27,31). The monoisotopic (exact) mass is 489 g/mol. The number of morpholine rings is 1. The summed E-state index contributed by atoms with van der Waals surface area (Å²) in [4.78, 5) is 34.0. The zero-order valence-electron chi connectivity index (χ0n) is 20.3. The highest BCUT2D eigenvalue weighted by Crippen LogP contribution is 2.21. The van der Waals surface area contributed by atoms with Crippen LogP contribution in [-0.4, -0.2) is 86.4 Å². The summed E-state index contributed by atoms with van der Waals surface area (Å²) in [5, 5.41) is 8.40. The molecule has 9 nitrogen and oxygen atoms in total. The molecule has 34 heavy (non-hydrogen) atoms. The van der Waals surface area contributed by atoms with Gasteiger partial charge in [0.15, 0.2) is 0 Å². The topological polar surface area (TPSA) is 96.0 Å². The van der Waals surface area contributed by atoms with Gasteiger partial charge in [-0.3, -0.25) is 9.69 Å². The van der Waals surface area contributed by atoms with Crippen molar-refractivity contribution in [3.05, 3.63) is 45.4 Å². The molecule has 3 rings (SSSR count). The molecule has 0 radical (unpaired) electrons. The van der Waals surface area contributed by atoms with Gasteiger partial charge in [-0.15, -0.1) is 11.3 Å². The fourth-order valence-corrected chi connectivity index (χ4v) is 4.51. The van der Waals surface area contributed by atoms with Crippen LogP contribution in [0.25, 0.3) is 0 Å². The van der Waals surface area contributed by atoms with Crippen molar-refractivity contribution in [3.63, 3.8) is 0 Å². The van der Waals surface area contributed by atoms with Gasteiger partial charge < -0.3 is 25.0 Å². The van der Waals surface area contributed by atoms with Crippen LogP contribution in [0.4, 0.5) is 10.5 Å². The fourth-order valence-electron chi connectivity index (χ4n) is 3.72. The van der Waals surface area contributed by atoms with E-state index in [1.807, 2.05) is 32.0 Å². The molecule has 1 aliphatic heterocycles. The van der Waals surface area contributed by atoms with Gasteiger partial charge in [0.2, 0.25) is 0 Å². The van der Waals surface area contributed by atoms with Crippen LogP contribution in [-0.2, 0) is 16.0 Å². The lowest BCUT2D eigenvalue weighted by Crippen LogP contribution is -2.38. The third-order valence-electron chi connectivity index (χ3n) is 5.72. The first-order valence-electron chi connectivity index (χ1n) is 11.6. The zero-order valence-corrected chi connectivity index (χ0v) is 21.1. The molecule has 0 aliphatic carbocycles. The number of para-hydroxylation sites is 1. The van der Waals surface area contributed by atoms with Crippen molar-refractivity contribution >= 4 is 29.0 Å². The number of thiazole rings is 1. The maximum Gasteiger partial charge on any atom is 0.322 e. The maximum atomic E-state index is 13.0. The number of benzene rings is 1. The van der Waals surface area contributed by atoms with Crippen LogP contribution >= 0.6 is 11.3 Å². The summed E-state index contributed by atoms with van der Waals surface area (Å²) < 4.78 is 10.5. The molecule has 1 aliphatic rings. The molecule has 0 atom stereocenters. The quantitative estimate of drug-likeness (QED) is 0.471. The summed E-state index contributed by atoms with van der Waals surface area (Å²) in [7, 11) is 1.60. The number of methoxy groups -OCH3 is 1. The van der Waals surface area contributed by atoms with Crippen molar-refractivity contribution in [2.75, 3.05) is 65.0 Å². The van der Waals surface area contributed by atoms with Gasteiger partial charge in [-0.2, -0.15) is 0 Å². The van der Waals surface area contributed by atoms with E-state index in [-0.39, 0.29) is 11.9 Å². The summed E-state index contributed by atoms with van der Waals surface area (Å²) in [5.74, 6) is -0.187. The number of aromatic nitrogens is 1. The van der Waals surface area contributed by atoms with Gasteiger partial charge in [0, 0.05) is 44.4 Å². The first kappa shape index (κ1) is 26.1. The van der Waals surface area contributed by atoms with Crippen LogP contribution in [0, 0.1) is 13.8 Å². The Balaban J connectivity index is 1.52. The molecule has 2 N–H and O–H groups in total. The number of nitrogens with zero attached hydrogens (tertiary/aromatic N) is 3. The lowest BCUT2D eigenvalue weighted by Gasteiger charge is -2.26. The zero-order chi connectivity index (χ0) is 24.3. The Morgan fingerprint density at radius 2 is 1.97 bits per heavy atom. The number of aryl methyl sites for hydroxylation is 2. The van der Waals surface area contributed by atoms with E-state index >= 15 is 0 Å². The number of urea groups is 1. The van der Waals surface area contributed by atoms with Crippen LogP contribution in [0.15, 0.2) is 23.6 Å². The largest absolute Gasteiger partial charge is 0.383 e. The van der Waals surface area contributed by atoms with Gasteiger partial charge in [-0.25, -0.2) is 9.78 Å². The predicted octanol–water partition coefficient (Wildman–Crippen LogP) is 2.89. The SMILES string of the molecule is COCCN(Cc1nc(C(=O)NCCCN2CCOCC2)cs1)C(=O)Nc1c(C)cccc1C. The average molecular weight is 490 g/mol. The van der Waals surface area contributed by atoms with Crippen molar-refractivity contribution in [1.29, 1.82) is 0 Å². The van der Waals surface area contributed by atoms with Crippen LogP contribution < -0.4 is 10.6 Å². The van der Waals surface area contributed by atoms with Crippen molar-refractivity contribution in [3.8, 4) is 0 Å². The Bertz CT molecular complexity index is 925. The van der Waals surface area contributed by atoms with Crippen LogP contribution in [0.2, 0.25) is 0 Å². The van der Waals surface area contributed by atoms with Gasteiger partial charge in [0.1, 0.15) is 10.7 Å². The van der Waals surface area contributed by atoms with Crippen molar-refractivity contribution in [1.82, 2.24) is 20.1 Å². The molecule has 1 aromatic heterocycles. The molecule has 186 valence electrons. The Morgan fingerprint density at radius 1 is 1.24 bits per heavy atom. The van der Waals surface area contributed by atoms with E-state index in [0.29, 0.717) is 36.9 Å². The number of amides is 3. The number of nitrogens with one attached hydrogen (secondary N) is 2. The summed E-state index contributed by atoms with van der Waals surface area (Å²) in [6.45, 7) is 10.0. The van der Waals surface area contributed by atoms with Gasteiger partial charge >= 0.3 is 6.03 Å². The van der Waals surface area contributed by atoms with Crippen molar-refractivity contribution in [2.45, 2.75) is 26.8 Å². The second-order valence-electron chi connectivity index (χ2n) is 8.30. The highest BCUT2D eigenvalue weighted by Gasteiger charge is 2.19. The molecule has 2 heterocycles. The minimum atomic E-state index is -0.223. The smallest absolute Gasteiger partial charge is 0.322 e. The Morgan fingerprint density at radius 3 is 2.68 bits per heavy atom. The Labute approximate surface area is 205 Å². The van der Waals surface area contributed by atoms with E-state index in [1.54, 1.807) is 17.4 Å². The molecule has 1 saturated heterocycles. The molecule has 0 bridgehead atoms. The summed E-state index contributed by atoms with van der Waals surface area (Å²) in [5.41, 5.74) is 3.20. The number of anilines is 1. The van der Waals surface area contributed by atoms with E-state index in [1.165, 1.54) is 11.3 Å². The number of hydrogen-bond donors (Lipinski definition) is 2. The molecule has 0 unspecified atom stereocenters. The third-order valence-corrected chi connectivity index (χ3v) is 6.55. The second-order valence-corrected chi connectivity index (χ2v) is 9.24. The first-order valence-corrected chi connectivity index (χ1v) is 12.5. The van der Waals surface area contributed by atoms with E-state index in [9.17, 15) is 9.59 Å². The fraction of sp³-hybridized carbons (Fsp3) is 0.542. The number of hydrogen-bond acceptors (Lipinski definition) is 7. The lowest BCUT2D eigenvalue weighted by atomic mass is 10.1. The molecule has 10 heteroatoms. The Kier molecular flexibility index (Phi) is 10.3. The van der Waals surface area contributed by atoms with Crippen LogP contribution in [0.3, 0.4) is 0 Å². The summed E-state index contributed by atoms with van der Waals surface area (Å²) >= 11 is 1.38. The molecule has 0 saturated carbocycles. The molecule has 1 fully saturated rings. The van der Waals surface area contributed by atoms with E-state index in [0.717, 1.165) is 56.1 Å². The molecule has 3 amide bonds. The molecule has 2 aromatic rings. The lowest BCUT2D eigenvalue weighted by molar-refractivity contribution is 0.0374. The Hall–Kier alpha value is -2.53. The molecular weight excluding hydrogens is 454 g/mol. The highest BCUT2D eigenvalue weighted by atomic mass is 32.1. The molecular formula is C24H35N5O4S. The summed E-state index contributed by atoms with van der Waals surface area (Å²) in [6, 6.07) is 5.68. The maximum absolute atomic E-state index is 13.0. The van der Waals surface area contributed by atoms with Crippen molar-refractivity contribution < 1.29 is 19.1 Å². The average Bonchev–Trinajstić information content (AvgIpc) is 3.31. The highest BCUT2D eigenvalue weighted by molar-refractivity contribution is 7.09. The van der Waals surface area contributed by atoms with Gasteiger partial charge in [-0.1, -0.05) is 18.2 Å². The van der Waals surface area contributed by atoms with Gasteiger partial charge in [0.25, 0.3) is 5.91 Å². The minimum Gasteiger partial charge on any atom is -0.383 e. The minimum absolute atomic E-state index is 0.187. The number of rotatable bonds is 11. The van der Waals surface area contributed by atoms with Gasteiger partial charge in [0.05, 0.1) is 26.4 Å². The number of ether oxygens (including phenoxy) is 2. The summed E-state index contributed by atoms with van der Waals surface area (Å²) in [6.07, 6.45) is 0.881. The van der Waals surface area contributed by atoms with E-state index in [2.05, 4.69) is 20.5 Å². The van der Waals surface area contributed by atoms with Crippen molar-refractivity contribution in [2.24, 2.45) is 0 Å². The number of carbonyl (C=O) groups excluding carboxylic acids is 2. The molecule has 0 spiro atoms. The van der Waals surface area contributed by atoms with Gasteiger partial charge in [-0.05, 0) is 37.9 Å². The second kappa shape index (κ2) is 13.4.